The summed E-state index contributed by atoms with van der Waals surface area (Å²) >= 11 is 5.90. The minimum absolute atomic E-state index is 0.145. The standard InChI is InChI=1S/C21H20ClN3O2/c22-18-8-6-15(7-9-18)14-19(26)25-12-10-17(11-13-25)21-23-20(24-27-21)16-4-2-1-3-5-16/h1-9,17H,10-14H2. The summed E-state index contributed by atoms with van der Waals surface area (Å²) in [6, 6.07) is 17.2. The molecule has 0 N–H and O–H groups in total. The van der Waals surface area contributed by atoms with Crippen LogP contribution in [0.1, 0.15) is 30.2 Å². The maximum Gasteiger partial charge on any atom is 0.230 e. The number of likely N-dealkylation sites (tertiary alicyclic amines) is 1. The first-order chi connectivity index (χ1) is 13.2. The number of hydrogen-bond acceptors (Lipinski definition) is 4. The fraction of sp³-hybridized carbons (Fsp3) is 0.286. The molecule has 1 fully saturated rings. The molecule has 1 aliphatic rings. The SMILES string of the molecule is O=C(Cc1ccc(Cl)cc1)N1CCC(c2nc(-c3ccccc3)no2)CC1. The number of piperidine rings is 1. The van der Waals surface area contributed by atoms with Crippen LogP contribution in [0.25, 0.3) is 11.4 Å². The number of carbonyl (C=O) groups is 1. The molecule has 2 heterocycles. The van der Waals surface area contributed by atoms with Gasteiger partial charge in [0.25, 0.3) is 0 Å². The molecule has 1 saturated heterocycles. The molecular formula is C21H20ClN3O2. The van der Waals surface area contributed by atoms with Crippen LogP contribution < -0.4 is 0 Å². The first-order valence-electron chi connectivity index (χ1n) is 9.10. The number of halogens is 1. The van der Waals surface area contributed by atoms with Gasteiger partial charge in [0.05, 0.1) is 6.42 Å². The smallest absolute Gasteiger partial charge is 0.230 e. The van der Waals surface area contributed by atoms with E-state index in [2.05, 4.69) is 10.1 Å². The van der Waals surface area contributed by atoms with Crippen LogP contribution in [-0.2, 0) is 11.2 Å². The topological polar surface area (TPSA) is 59.2 Å². The van der Waals surface area contributed by atoms with Gasteiger partial charge in [-0.2, -0.15) is 4.98 Å². The monoisotopic (exact) mass is 381 g/mol. The van der Waals surface area contributed by atoms with Gasteiger partial charge in [0, 0.05) is 29.6 Å². The zero-order chi connectivity index (χ0) is 18.6. The van der Waals surface area contributed by atoms with Gasteiger partial charge in [-0.1, -0.05) is 59.2 Å². The van der Waals surface area contributed by atoms with Crippen molar-refractivity contribution in [1.82, 2.24) is 15.0 Å². The summed E-state index contributed by atoms with van der Waals surface area (Å²) in [5, 5.41) is 4.78. The Morgan fingerprint density at radius 1 is 1.07 bits per heavy atom. The predicted octanol–water partition coefficient (Wildman–Crippen LogP) is 4.34. The van der Waals surface area contributed by atoms with E-state index in [1.54, 1.807) is 0 Å². The van der Waals surface area contributed by atoms with Crippen molar-refractivity contribution in [3.63, 3.8) is 0 Å². The average molecular weight is 382 g/mol. The molecule has 138 valence electrons. The molecule has 1 amide bonds. The van der Waals surface area contributed by atoms with E-state index in [-0.39, 0.29) is 11.8 Å². The molecule has 0 radical (unpaired) electrons. The van der Waals surface area contributed by atoms with Crippen molar-refractivity contribution in [3.8, 4) is 11.4 Å². The first-order valence-corrected chi connectivity index (χ1v) is 9.48. The van der Waals surface area contributed by atoms with Crippen molar-refractivity contribution in [2.24, 2.45) is 0 Å². The van der Waals surface area contributed by atoms with Crippen molar-refractivity contribution in [1.29, 1.82) is 0 Å². The third-order valence-electron chi connectivity index (χ3n) is 4.94. The molecule has 4 rings (SSSR count). The Hall–Kier alpha value is -2.66. The quantitative estimate of drug-likeness (QED) is 0.674. The Kier molecular flexibility index (Phi) is 5.21. The van der Waals surface area contributed by atoms with E-state index in [1.165, 1.54) is 0 Å². The van der Waals surface area contributed by atoms with Crippen LogP contribution >= 0.6 is 11.6 Å². The fourth-order valence-electron chi connectivity index (χ4n) is 3.37. The van der Waals surface area contributed by atoms with Crippen LogP contribution in [0.2, 0.25) is 5.02 Å². The Morgan fingerprint density at radius 2 is 1.78 bits per heavy atom. The molecule has 2 aromatic carbocycles. The molecule has 0 unspecified atom stereocenters. The van der Waals surface area contributed by atoms with Crippen LogP contribution in [0.5, 0.6) is 0 Å². The van der Waals surface area contributed by atoms with Gasteiger partial charge in [0.1, 0.15) is 0 Å². The number of hydrogen-bond donors (Lipinski definition) is 0. The largest absolute Gasteiger partial charge is 0.342 e. The normalized spacial score (nSPS) is 15.1. The summed E-state index contributed by atoms with van der Waals surface area (Å²) in [5.41, 5.74) is 1.93. The second kappa shape index (κ2) is 7.92. The summed E-state index contributed by atoms with van der Waals surface area (Å²) in [6.07, 6.45) is 2.08. The highest BCUT2D eigenvalue weighted by Gasteiger charge is 2.27. The number of benzene rings is 2. The van der Waals surface area contributed by atoms with E-state index in [0.29, 0.717) is 36.2 Å². The zero-order valence-corrected chi connectivity index (χ0v) is 15.6. The number of aromatic nitrogens is 2. The number of nitrogens with zero attached hydrogens (tertiary/aromatic N) is 3. The Balaban J connectivity index is 1.34. The van der Waals surface area contributed by atoms with Crippen molar-refractivity contribution in [3.05, 3.63) is 71.1 Å². The van der Waals surface area contributed by atoms with Crippen LogP contribution in [0.15, 0.2) is 59.1 Å². The first kappa shape index (κ1) is 17.7. The Labute approximate surface area is 163 Å². The van der Waals surface area contributed by atoms with Gasteiger partial charge in [0.15, 0.2) is 0 Å². The van der Waals surface area contributed by atoms with E-state index in [1.807, 2.05) is 59.5 Å². The minimum Gasteiger partial charge on any atom is -0.342 e. The van der Waals surface area contributed by atoms with Gasteiger partial charge >= 0.3 is 0 Å². The molecule has 27 heavy (non-hydrogen) atoms. The molecular weight excluding hydrogens is 362 g/mol. The Morgan fingerprint density at radius 3 is 2.48 bits per heavy atom. The van der Waals surface area contributed by atoms with Gasteiger partial charge in [-0.15, -0.1) is 0 Å². The lowest BCUT2D eigenvalue weighted by atomic mass is 9.96. The summed E-state index contributed by atoms with van der Waals surface area (Å²) in [5.74, 6) is 1.63. The highest BCUT2D eigenvalue weighted by atomic mass is 35.5. The maximum atomic E-state index is 12.5. The van der Waals surface area contributed by atoms with Crippen LogP contribution in [0, 0.1) is 0 Å². The third-order valence-corrected chi connectivity index (χ3v) is 5.19. The predicted molar refractivity (Wildman–Crippen MR) is 103 cm³/mol. The van der Waals surface area contributed by atoms with Crippen molar-refractivity contribution in [2.45, 2.75) is 25.2 Å². The second-order valence-corrected chi connectivity index (χ2v) is 7.22. The molecule has 0 spiro atoms. The van der Waals surface area contributed by atoms with E-state index in [9.17, 15) is 4.79 Å². The number of carbonyl (C=O) groups excluding carboxylic acids is 1. The Bertz CT molecular complexity index is 901. The average Bonchev–Trinajstić information content (AvgIpc) is 3.21. The van der Waals surface area contributed by atoms with E-state index < -0.39 is 0 Å². The van der Waals surface area contributed by atoms with Gasteiger partial charge in [0.2, 0.25) is 17.6 Å². The maximum absolute atomic E-state index is 12.5. The molecule has 1 aliphatic heterocycles. The van der Waals surface area contributed by atoms with E-state index >= 15 is 0 Å². The zero-order valence-electron chi connectivity index (χ0n) is 14.8. The van der Waals surface area contributed by atoms with E-state index in [0.717, 1.165) is 24.0 Å². The fourth-order valence-corrected chi connectivity index (χ4v) is 3.50. The summed E-state index contributed by atoms with van der Waals surface area (Å²) in [6.45, 7) is 1.42. The molecule has 0 aliphatic carbocycles. The van der Waals surface area contributed by atoms with Crippen molar-refractivity contribution in [2.75, 3.05) is 13.1 Å². The van der Waals surface area contributed by atoms with Gasteiger partial charge in [-0.25, -0.2) is 0 Å². The van der Waals surface area contributed by atoms with Crippen molar-refractivity contribution >= 4 is 17.5 Å². The lowest BCUT2D eigenvalue weighted by Crippen LogP contribution is -2.38. The van der Waals surface area contributed by atoms with Gasteiger partial charge in [-0.05, 0) is 30.5 Å². The lowest BCUT2D eigenvalue weighted by molar-refractivity contribution is -0.131. The number of amides is 1. The van der Waals surface area contributed by atoms with Gasteiger partial charge in [-0.3, -0.25) is 4.79 Å². The second-order valence-electron chi connectivity index (χ2n) is 6.78. The minimum atomic E-state index is 0.145. The summed E-state index contributed by atoms with van der Waals surface area (Å²) in [7, 11) is 0. The highest BCUT2D eigenvalue weighted by molar-refractivity contribution is 6.30. The van der Waals surface area contributed by atoms with Gasteiger partial charge < -0.3 is 9.42 Å². The summed E-state index contributed by atoms with van der Waals surface area (Å²) in [4.78, 5) is 19.0. The highest BCUT2D eigenvalue weighted by Crippen LogP contribution is 2.28. The molecule has 0 bridgehead atoms. The van der Waals surface area contributed by atoms with Crippen LogP contribution in [-0.4, -0.2) is 34.0 Å². The molecule has 3 aromatic rings. The molecule has 1 aromatic heterocycles. The van der Waals surface area contributed by atoms with Crippen molar-refractivity contribution < 1.29 is 9.32 Å². The molecule has 5 nitrogen and oxygen atoms in total. The summed E-state index contributed by atoms with van der Waals surface area (Å²) < 4.78 is 5.48. The molecule has 0 atom stereocenters. The van der Waals surface area contributed by atoms with Crippen LogP contribution in [0.3, 0.4) is 0 Å². The van der Waals surface area contributed by atoms with Crippen LogP contribution in [0.4, 0.5) is 0 Å². The number of rotatable bonds is 4. The lowest BCUT2D eigenvalue weighted by Gasteiger charge is -2.30. The van der Waals surface area contributed by atoms with E-state index in [4.69, 9.17) is 16.1 Å². The molecule has 6 heteroatoms. The third kappa shape index (κ3) is 4.19. The molecule has 0 saturated carbocycles.